The predicted molar refractivity (Wildman–Crippen MR) is 57.4 cm³/mol. The van der Waals surface area contributed by atoms with Crippen LogP contribution in [0.25, 0.3) is 0 Å². The summed E-state index contributed by atoms with van der Waals surface area (Å²) >= 11 is 0. The Hall–Kier alpha value is -1.38. The number of carbonyl (C=O) groups excluding carboxylic acids is 2. The van der Waals surface area contributed by atoms with Gasteiger partial charge in [-0.25, -0.2) is 0 Å². The molecule has 4 rings (SSSR count). The lowest BCUT2D eigenvalue weighted by atomic mass is 9.73. The third kappa shape index (κ3) is 0.938. The Balaban J connectivity index is 1.79. The lowest BCUT2D eigenvalue weighted by Gasteiger charge is -2.29. The van der Waals surface area contributed by atoms with Crippen LogP contribution >= 0.6 is 0 Å². The first kappa shape index (κ1) is 8.74. The van der Waals surface area contributed by atoms with Gasteiger partial charge in [-0.05, 0) is 18.3 Å². The molecule has 1 saturated heterocycles. The van der Waals surface area contributed by atoms with Gasteiger partial charge in [0.15, 0.2) is 11.6 Å². The van der Waals surface area contributed by atoms with Crippen molar-refractivity contribution < 1.29 is 9.59 Å². The van der Waals surface area contributed by atoms with Gasteiger partial charge in [0.05, 0.1) is 5.70 Å². The molecule has 1 saturated carbocycles. The molecule has 0 radical (unpaired) electrons. The standard InChI is InChI=1S/C13H13NO2/c15-10-6-9(14-3-4-14)13(16)12-8-2-1-7(5-8)11(10)12/h1-2,6-8,11-12H,3-5H2/t7-,8+,11+,12+/m0/s1. The largest absolute Gasteiger partial charge is 0.365 e. The van der Waals surface area contributed by atoms with Crippen LogP contribution in [0.15, 0.2) is 23.9 Å². The molecule has 2 fully saturated rings. The fourth-order valence-electron chi connectivity index (χ4n) is 3.58. The fourth-order valence-corrected chi connectivity index (χ4v) is 3.58. The van der Waals surface area contributed by atoms with Crippen LogP contribution in [0.4, 0.5) is 0 Å². The topological polar surface area (TPSA) is 37.1 Å². The number of fused-ring (bicyclic) bond motifs is 5. The van der Waals surface area contributed by atoms with Gasteiger partial charge < -0.3 is 4.90 Å². The molecule has 4 aliphatic rings. The van der Waals surface area contributed by atoms with Crippen LogP contribution in [-0.4, -0.2) is 29.6 Å². The molecule has 1 aliphatic heterocycles. The van der Waals surface area contributed by atoms with Gasteiger partial charge in [-0.1, -0.05) is 12.2 Å². The number of rotatable bonds is 1. The summed E-state index contributed by atoms with van der Waals surface area (Å²) in [5.41, 5.74) is 0.687. The summed E-state index contributed by atoms with van der Waals surface area (Å²) in [4.78, 5) is 26.4. The zero-order valence-electron chi connectivity index (χ0n) is 8.93. The molecule has 0 unspecified atom stereocenters. The molecule has 3 nitrogen and oxygen atoms in total. The minimum Gasteiger partial charge on any atom is -0.365 e. The van der Waals surface area contributed by atoms with Crippen LogP contribution < -0.4 is 0 Å². The van der Waals surface area contributed by atoms with Gasteiger partial charge in [0, 0.05) is 31.0 Å². The average molecular weight is 215 g/mol. The summed E-state index contributed by atoms with van der Waals surface area (Å²) in [6.07, 6.45) is 6.88. The van der Waals surface area contributed by atoms with E-state index in [2.05, 4.69) is 12.2 Å². The van der Waals surface area contributed by atoms with Crippen LogP contribution in [0.3, 0.4) is 0 Å². The number of ketones is 2. The van der Waals surface area contributed by atoms with Gasteiger partial charge in [-0.15, -0.1) is 0 Å². The minimum atomic E-state index is -0.0388. The average Bonchev–Trinajstić information content (AvgIpc) is 2.91. The smallest absolute Gasteiger partial charge is 0.183 e. The number of hydrogen-bond donors (Lipinski definition) is 0. The van der Waals surface area contributed by atoms with Crippen molar-refractivity contribution in [2.75, 3.05) is 13.1 Å². The van der Waals surface area contributed by atoms with Gasteiger partial charge >= 0.3 is 0 Å². The summed E-state index contributed by atoms with van der Waals surface area (Å²) in [6, 6.07) is 0. The predicted octanol–water partition coefficient (Wildman–Crippen LogP) is 0.776. The van der Waals surface area contributed by atoms with E-state index in [-0.39, 0.29) is 23.4 Å². The van der Waals surface area contributed by atoms with E-state index < -0.39 is 0 Å². The molecule has 0 N–H and O–H groups in total. The molecule has 2 bridgehead atoms. The zero-order chi connectivity index (χ0) is 10.9. The minimum absolute atomic E-state index is 0.0359. The Morgan fingerprint density at radius 1 is 1.06 bits per heavy atom. The molecule has 3 aliphatic carbocycles. The highest BCUT2D eigenvalue weighted by Gasteiger charge is 2.54. The van der Waals surface area contributed by atoms with Gasteiger partial charge in [0.25, 0.3) is 0 Å². The highest BCUT2D eigenvalue weighted by molar-refractivity contribution is 6.11. The zero-order valence-corrected chi connectivity index (χ0v) is 8.93. The lowest BCUT2D eigenvalue weighted by molar-refractivity contribution is -0.130. The number of carbonyl (C=O) groups is 2. The van der Waals surface area contributed by atoms with Crippen LogP contribution in [0, 0.1) is 23.7 Å². The molecule has 1 heterocycles. The van der Waals surface area contributed by atoms with E-state index >= 15 is 0 Å². The van der Waals surface area contributed by atoms with Crippen molar-refractivity contribution in [2.24, 2.45) is 23.7 Å². The molecule has 0 amide bonds. The van der Waals surface area contributed by atoms with Crippen LogP contribution in [0.1, 0.15) is 6.42 Å². The monoisotopic (exact) mass is 215 g/mol. The van der Waals surface area contributed by atoms with E-state index in [0.29, 0.717) is 17.5 Å². The second kappa shape index (κ2) is 2.65. The second-order valence-corrected chi connectivity index (χ2v) is 5.28. The number of nitrogens with zero attached hydrogens (tertiary/aromatic N) is 1. The summed E-state index contributed by atoms with van der Waals surface area (Å²) in [6.45, 7) is 1.87. The fraction of sp³-hybridized carbons (Fsp3) is 0.538. The van der Waals surface area contributed by atoms with Gasteiger partial charge in [0.2, 0.25) is 0 Å². The molecule has 0 aromatic heterocycles. The maximum absolute atomic E-state index is 12.3. The second-order valence-electron chi connectivity index (χ2n) is 5.28. The van der Waals surface area contributed by atoms with E-state index in [9.17, 15) is 9.59 Å². The third-order valence-electron chi connectivity index (χ3n) is 4.41. The number of hydrogen-bond acceptors (Lipinski definition) is 3. The molecule has 0 aromatic rings. The van der Waals surface area contributed by atoms with E-state index in [4.69, 9.17) is 0 Å². The molecular formula is C13H13NO2. The van der Waals surface area contributed by atoms with Crippen molar-refractivity contribution in [3.05, 3.63) is 23.9 Å². The van der Waals surface area contributed by atoms with Crippen molar-refractivity contribution >= 4 is 11.6 Å². The number of Topliss-reactive ketones (excluding diaryl/α,β-unsaturated/α-hetero) is 1. The Morgan fingerprint density at radius 3 is 2.44 bits per heavy atom. The van der Waals surface area contributed by atoms with Crippen LogP contribution in [-0.2, 0) is 9.59 Å². The van der Waals surface area contributed by atoms with E-state index in [0.717, 1.165) is 19.5 Å². The van der Waals surface area contributed by atoms with Crippen molar-refractivity contribution in [2.45, 2.75) is 6.42 Å². The van der Waals surface area contributed by atoms with Gasteiger partial charge in [-0.3, -0.25) is 9.59 Å². The normalized spacial score (nSPS) is 43.8. The van der Waals surface area contributed by atoms with E-state index in [1.807, 2.05) is 4.90 Å². The summed E-state index contributed by atoms with van der Waals surface area (Å²) in [5.74, 6) is 0.991. The maximum atomic E-state index is 12.3. The Bertz CT molecular complexity index is 459. The van der Waals surface area contributed by atoms with Gasteiger partial charge in [0.1, 0.15) is 0 Å². The summed E-state index contributed by atoms with van der Waals surface area (Å²) in [7, 11) is 0. The molecule has 4 atom stereocenters. The first-order valence-corrected chi connectivity index (χ1v) is 5.99. The Kier molecular flexibility index (Phi) is 1.45. The first-order valence-electron chi connectivity index (χ1n) is 5.99. The highest BCUT2D eigenvalue weighted by Crippen LogP contribution is 2.51. The Morgan fingerprint density at radius 2 is 1.75 bits per heavy atom. The SMILES string of the molecule is O=C1C=C(N2CC2)C(=O)[C@H]2[C@@H]1[C@H]1C=C[C@@H]2C1. The maximum Gasteiger partial charge on any atom is 0.183 e. The lowest BCUT2D eigenvalue weighted by Crippen LogP contribution is -2.38. The van der Waals surface area contributed by atoms with Gasteiger partial charge in [-0.2, -0.15) is 0 Å². The van der Waals surface area contributed by atoms with E-state index in [1.54, 1.807) is 6.08 Å². The number of allylic oxidation sites excluding steroid dienone is 4. The first-order chi connectivity index (χ1) is 7.75. The van der Waals surface area contributed by atoms with Crippen LogP contribution in [0.5, 0.6) is 0 Å². The van der Waals surface area contributed by atoms with Crippen molar-refractivity contribution in [3.8, 4) is 0 Å². The van der Waals surface area contributed by atoms with Crippen molar-refractivity contribution in [1.82, 2.24) is 4.90 Å². The van der Waals surface area contributed by atoms with Crippen molar-refractivity contribution in [3.63, 3.8) is 0 Å². The summed E-state index contributed by atoms with van der Waals surface area (Å²) < 4.78 is 0. The molecule has 82 valence electrons. The third-order valence-corrected chi connectivity index (χ3v) is 4.41. The molecule has 16 heavy (non-hydrogen) atoms. The van der Waals surface area contributed by atoms with E-state index in [1.165, 1.54) is 0 Å². The Labute approximate surface area is 93.8 Å². The summed E-state index contributed by atoms with van der Waals surface area (Å²) in [5, 5.41) is 0. The van der Waals surface area contributed by atoms with Crippen LogP contribution in [0.2, 0.25) is 0 Å². The highest BCUT2D eigenvalue weighted by atomic mass is 16.1. The molecule has 3 heteroatoms. The molecular weight excluding hydrogens is 202 g/mol. The quantitative estimate of drug-likeness (QED) is 0.479. The molecule has 0 spiro atoms. The van der Waals surface area contributed by atoms with Crippen molar-refractivity contribution in [1.29, 1.82) is 0 Å². The molecule has 0 aromatic carbocycles.